The summed E-state index contributed by atoms with van der Waals surface area (Å²) in [4.78, 5) is 4.17. The molecule has 0 aliphatic rings. The molecule has 3 N–H and O–H groups in total. The highest BCUT2D eigenvalue weighted by molar-refractivity contribution is 7.89. The van der Waals surface area contributed by atoms with Gasteiger partial charge in [-0.3, -0.25) is 4.99 Å². The minimum Gasteiger partial charge on any atom is -0.356 e. The second kappa shape index (κ2) is 9.52. The van der Waals surface area contributed by atoms with E-state index < -0.39 is 10.0 Å². The Balaban J connectivity index is 2.32. The Morgan fingerprint density at radius 2 is 1.91 bits per heavy atom. The van der Waals surface area contributed by atoms with Crippen molar-refractivity contribution >= 4 is 16.0 Å². The zero-order valence-electron chi connectivity index (χ0n) is 14.4. The Morgan fingerprint density at radius 1 is 1.17 bits per heavy atom. The van der Waals surface area contributed by atoms with Crippen molar-refractivity contribution in [2.45, 2.75) is 33.7 Å². The third-order valence-corrected chi connectivity index (χ3v) is 4.92. The highest BCUT2D eigenvalue weighted by Gasteiger charge is 2.05. The molecule has 1 aromatic rings. The lowest BCUT2D eigenvalue weighted by Crippen LogP contribution is -2.38. The second-order valence-corrected chi connectivity index (χ2v) is 7.53. The zero-order chi connectivity index (χ0) is 17.3. The number of rotatable bonds is 8. The minimum atomic E-state index is -3.10. The number of aryl methyl sites for hydroxylation is 2. The summed E-state index contributed by atoms with van der Waals surface area (Å²) in [5, 5.41) is 6.44. The van der Waals surface area contributed by atoms with E-state index in [1.165, 1.54) is 16.7 Å². The molecule has 0 saturated carbocycles. The van der Waals surface area contributed by atoms with Crippen LogP contribution in [0.1, 0.15) is 30.0 Å². The van der Waals surface area contributed by atoms with E-state index in [-0.39, 0.29) is 5.75 Å². The van der Waals surface area contributed by atoms with E-state index in [0.717, 1.165) is 0 Å². The van der Waals surface area contributed by atoms with Gasteiger partial charge in [0.15, 0.2) is 5.96 Å². The van der Waals surface area contributed by atoms with Crippen LogP contribution in [0.5, 0.6) is 0 Å². The lowest BCUT2D eigenvalue weighted by molar-refractivity contribution is 0.579. The van der Waals surface area contributed by atoms with Crippen molar-refractivity contribution in [3.63, 3.8) is 0 Å². The number of sulfonamides is 1. The van der Waals surface area contributed by atoms with Crippen LogP contribution in [0.2, 0.25) is 0 Å². The number of nitrogens with one attached hydrogen (secondary N) is 3. The fourth-order valence-electron chi connectivity index (χ4n) is 2.07. The number of hydrogen-bond donors (Lipinski definition) is 3. The molecule has 0 heterocycles. The van der Waals surface area contributed by atoms with E-state index in [4.69, 9.17) is 0 Å². The van der Waals surface area contributed by atoms with Crippen LogP contribution in [0.3, 0.4) is 0 Å². The van der Waals surface area contributed by atoms with Gasteiger partial charge in [-0.15, -0.1) is 0 Å². The normalized spacial score (nSPS) is 12.3. The van der Waals surface area contributed by atoms with Crippen LogP contribution >= 0.6 is 0 Å². The van der Waals surface area contributed by atoms with E-state index in [1.807, 2.05) is 0 Å². The molecule has 1 rings (SSSR count). The van der Waals surface area contributed by atoms with Gasteiger partial charge in [-0.2, -0.15) is 0 Å². The van der Waals surface area contributed by atoms with E-state index in [0.29, 0.717) is 32.0 Å². The Bertz CT molecular complexity index is 627. The van der Waals surface area contributed by atoms with Crippen LogP contribution in [-0.2, 0) is 16.6 Å². The van der Waals surface area contributed by atoms with Crippen LogP contribution in [-0.4, -0.2) is 40.3 Å². The van der Waals surface area contributed by atoms with Gasteiger partial charge in [0, 0.05) is 26.7 Å². The fourth-order valence-corrected chi connectivity index (χ4v) is 2.73. The zero-order valence-corrected chi connectivity index (χ0v) is 15.3. The number of nitrogens with zero attached hydrogens (tertiary/aromatic N) is 1. The maximum atomic E-state index is 11.3. The van der Waals surface area contributed by atoms with Gasteiger partial charge in [-0.25, -0.2) is 13.1 Å². The van der Waals surface area contributed by atoms with E-state index >= 15 is 0 Å². The minimum absolute atomic E-state index is 0.111. The molecule has 6 nitrogen and oxygen atoms in total. The van der Waals surface area contributed by atoms with Crippen molar-refractivity contribution in [2.75, 3.05) is 25.9 Å². The molecule has 0 aliphatic carbocycles. The smallest absolute Gasteiger partial charge is 0.211 e. The molecule has 1 aromatic carbocycles. The van der Waals surface area contributed by atoms with E-state index in [1.54, 1.807) is 14.0 Å². The Hall–Kier alpha value is -1.60. The maximum absolute atomic E-state index is 11.3. The monoisotopic (exact) mass is 340 g/mol. The van der Waals surface area contributed by atoms with Crippen LogP contribution in [0.15, 0.2) is 23.2 Å². The van der Waals surface area contributed by atoms with Crippen molar-refractivity contribution in [2.24, 2.45) is 4.99 Å². The summed E-state index contributed by atoms with van der Waals surface area (Å²) < 4.78 is 25.1. The number of benzene rings is 1. The fraction of sp³-hybridized carbons (Fsp3) is 0.562. The van der Waals surface area contributed by atoms with Crippen molar-refractivity contribution in [3.8, 4) is 0 Å². The van der Waals surface area contributed by atoms with Crippen molar-refractivity contribution in [1.82, 2.24) is 15.4 Å². The van der Waals surface area contributed by atoms with Crippen LogP contribution in [0.4, 0.5) is 0 Å². The lowest BCUT2D eigenvalue weighted by atomic mass is 10.1. The molecule has 0 radical (unpaired) electrons. The molecule has 0 amide bonds. The van der Waals surface area contributed by atoms with Gasteiger partial charge >= 0.3 is 0 Å². The lowest BCUT2D eigenvalue weighted by Gasteiger charge is -2.13. The van der Waals surface area contributed by atoms with Crippen molar-refractivity contribution in [1.29, 1.82) is 0 Å². The van der Waals surface area contributed by atoms with Crippen molar-refractivity contribution in [3.05, 3.63) is 34.9 Å². The molecule has 0 aliphatic heterocycles. The van der Waals surface area contributed by atoms with Crippen molar-refractivity contribution < 1.29 is 8.42 Å². The first kappa shape index (κ1) is 19.4. The molecular formula is C16H28N4O2S. The predicted molar refractivity (Wildman–Crippen MR) is 96.2 cm³/mol. The van der Waals surface area contributed by atoms with Gasteiger partial charge in [0.25, 0.3) is 0 Å². The largest absolute Gasteiger partial charge is 0.356 e. The number of hydrogen-bond acceptors (Lipinski definition) is 3. The third kappa shape index (κ3) is 7.47. The van der Waals surface area contributed by atoms with Crippen LogP contribution < -0.4 is 15.4 Å². The van der Waals surface area contributed by atoms with Gasteiger partial charge in [-0.05, 0) is 38.3 Å². The van der Waals surface area contributed by atoms with Gasteiger partial charge in [-0.1, -0.05) is 23.8 Å². The quantitative estimate of drug-likeness (QED) is 0.378. The average Bonchev–Trinajstić information content (AvgIpc) is 2.51. The molecule has 23 heavy (non-hydrogen) atoms. The summed E-state index contributed by atoms with van der Waals surface area (Å²) in [7, 11) is -1.38. The maximum Gasteiger partial charge on any atom is 0.211 e. The van der Waals surface area contributed by atoms with Gasteiger partial charge in [0.2, 0.25) is 10.0 Å². The highest BCUT2D eigenvalue weighted by Crippen LogP contribution is 2.09. The predicted octanol–water partition coefficient (Wildman–Crippen LogP) is 1.30. The molecule has 0 spiro atoms. The molecular weight excluding hydrogens is 312 g/mol. The Kier molecular flexibility index (Phi) is 8.05. The highest BCUT2D eigenvalue weighted by atomic mass is 32.2. The molecule has 0 fully saturated rings. The first-order chi connectivity index (χ1) is 10.9. The van der Waals surface area contributed by atoms with Gasteiger partial charge in [0.05, 0.1) is 5.75 Å². The summed E-state index contributed by atoms with van der Waals surface area (Å²) in [6, 6.07) is 6.37. The van der Waals surface area contributed by atoms with Gasteiger partial charge in [0.1, 0.15) is 0 Å². The molecule has 0 aromatic heterocycles. The first-order valence-electron chi connectivity index (χ1n) is 7.86. The summed E-state index contributed by atoms with van der Waals surface area (Å²) in [5.74, 6) is 0.822. The summed E-state index contributed by atoms with van der Waals surface area (Å²) in [6.07, 6.45) is 0.698. The summed E-state index contributed by atoms with van der Waals surface area (Å²) >= 11 is 0. The molecule has 130 valence electrons. The number of guanidine groups is 1. The van der Waals surface area contributed by atoms with E-state index in [9.17, 15) is 8.42 Å². The Labute approximate surface area is 139 Å². The number of aliphatic imine (C=N–C) groups is 1. The molecule has 7 heteroatoms. The standard InChI is InChI=1S/C16H28N4O2S/c1-5-23(21,22)20-10-6-9-18-16(17-4)19-12-15-8-7-13(2)11-14(15)3/h7-8,11,20H,5-6,9-10,12H2,1-4H3,(H2,17,18,19). The topological polar surface area (TPSA) is 82.6 Å². The van der Waals surface area contributed by atoms with Crippen LogP contribution in [0, 0.1) is 13.8 Å². The Morgan fingerprint density at radius 3 is 2.52 bits per heavy atom. The SMILES string of the molecule is CCS(=O)(=O)NCCCNC(=NC)NCc1ccc(C)cc1C. The molecule has 0 atom stereocenters. The van der Waals surface area contributed by atoms with Gasteiger partial charge < -0.3 is 10.6 Å². The van der Waals surface area contributed by atoms with Crippen LogP contribution in [0.25, 0.3) is 0 Å². The molecule has 0 bridgehead atoms. The van der Waals surface area contributed by atoms with E-state index in [2.05, 4.69) is 52.4 Å². The first-order valence-corrected chi connectivity index (χ1v) is 9.51. The average molecular weight is 340 g/mol. The summed E-state index contributed by atoms with van der Waals surface area (Å²) in [6.45, 7) is 7.58. The molecule has 0 saturated heterocycles. The summed E-state index contributed by atoms with van der Waals surface area (Å²) in [5.41, 5.74) is 3.74. The second-order valence-electron chi connectivity index (χ2n) is 5.43. The molecule has 0 unspecified atom stereocenters. The third-order valence-electron chi connectivity index (χ3n) is 3.52.